The number of carbonyl (C=O) groups is 1. The van der Waals surface area contributed by atoms with Gasteiger partial charge in [0.25, 0.3) is 5.91 Å². The van der Waals surface area contributed by atoms with E-state index in [0.29, 0.717) is 15.7 Å². The van der Waals surface area contributed by atoms with Gasteiger partial charge in [-0.05, 0) is 36.4 Å². The first kappa shape index (κ1) is 16.7. The first-order valence-corrected chi connectivity index (χ1v) is 8.28. The van der Waals surface area contributed by atoms with Gasteiger partial charge in [0.05, 0.1) is 11.3 Å². The summed E-state index contributed by atoms with van der Waals surface area (Å²) in [5.74, 6) is -3.25. The number of hydrogen-bond donors (Lipinski definition) is 1. The van der Waals surface area contributed by atoms with Crippen LogP contribution in [0, 0.1) is 17.5 Å². The van der Waals surface area contributed by atoms with Crippen LogP contribution < -0.4 is 5.32 Å². The number of nitrogens with zero attached hydrogens (tertiary/aromatic N) is 1. The van der Waals surface area contributed by atoms with Crippen molar-refractivity contribution in [3.05, 3.63) is 69.3 Å². The smallest absolute Gasteiger partial charge is 0.260 e. The highest BCUT2D eigenvalue weighted by atomic mass is 79.9. The molecule has 0 saturated heterocycles. The quantitative estimate of drug-likeness (QED) is 0.638. The van der Waals surface area contributed by atoms with E-state index in [4.69, 9.17) is 0 Å². The Morgan fingerprint density at radius 3 is 2.54 bits per heavy atom. The molecule has 0 unspecified atom stereocenters. The minimum absolute atomic E-state index is 0.131. The van der Waals surface area contributed by atoms with Gasteiger partial charge in [-0.3, -0.25) is 10.1 Å². The van der Waals surface area contributed by atoms with E-state index in [1.165, 1.54) is 24.3 Å². The van der Waals surface area contributed by atoms with Crippen LogP contribution in [0.1, 0.15) is 10.4 Å². The minimum atomic E-state index is -0.984. The van der Waals surface area contributed by atoms with Crippen LogP contribution >= 0.6 is 27.3 Å². The Balaban J connectivity index is 1.82. The molecule has 0 aliphatic rings. The standard InChI is InChI=1S/C16H8BrF3N2OS/c17-9-2-4-11(18)10(6-9)15(23)22-16-21-14(7-24-16)8-1-3-12(19)13(20)5-8/h1-7H,(H,21,22,23). The monoisotopic (exact) mass is 412 g/mol. The zero-order chi connectivity index (χ0) is 17.3. The molecular formula is C16H8BrF3N2OS. The van der Waals surface area contributed by atoms with E-state index in [-0.39, 0.29) is 10.7 Å². The highest BCUT2D eigenvalue weighted by Gasteiger charge is 2.15. The highest BCUT2D eigenvalue weighted by Crippen LogP contribution is 2.27. The second-order valence-corrected chi connectivity index (χ2v) is 6.52. The Labute approximate surface area is 147 Å². The maximum atomic E-state index is 13.7. The third-order valence-corrected chi connectivity index (χ3v) is 4.36. The zero-order valence-electron chi connectivity index (χ0n) is 11.8. The van der Waals surface area contributed by atoms with Crippen molar-refractivity contribution in [2.24, 2.45) is 0 Å². The van der Waals surface area contributed by atoms with Crippen molar-refractivity contribution in [1.29, 1.82) is 0 Å². The van der Waals surface area contributed by atoms with Crippen molar-refractivity contribution in [1.82, 2.24) is 4.98 Å². The lowest BCUT2D eigenvalue weighted by molar-refractivity contribution is 0.102. The van der Waals surface area contributed by atoms with Crippen molar-refractivity contribution in [3.63, 3.8) is 0 Å². The Hall–Kier alpha value is -2.19. The molecule has 1 N–H and O–H groups in total. The van der Waals surface area contributed by atoms with Gasteiger partial charge in [0.1, 0.15) is 5.82 Å². The lowest BCUT2D eigenvalue weighted by Crippen LogP contribution is -2.13. The van der Waals surface area contributed by atoms with Gasteiger partial charge in [-0.25, -0.2) is 18.2 Å². The molecule has 0 spiro atoms. The van der Waals surface area contributed by atoms with Crippen molar-refractivity contribution in [2.75, 3.05) is 5.32 Å². The molecule has 0 radical (unpaired) electrons. The third kappa shape index (κ3) is 3.49. The summed E-state index contributed by atoms with van der Waals surface area (Å²) in [6.45, 7) is 0. The molecule has 0 saturated carbocycles. The number of carbonyl (C=O) groups excluding carboxylic acids is 1. The summed E-state index contributed by atoms with van der Waals surface area (Å²) >= 11 is 4.27. The van der Waals surface area contributed by atoms with Gasteiger partial charge in [0.15, 0.2) is 16.8 Å². The van der Waals surface area contributed by atoms with E-state index < -0.39 is 23.4 Å². The number of nitrogens with one attached hydrogen (secondary N) is 1. The molecule has 1 aromatic heterocycles. The highest BCUT2D eigenvalue weighted by molar-refractivity contribution is 9.10. The van der Waals surface area contributed by atoms with Crippen LogP contribution in [0.3, 0.4) is 0 Å². The summed E-state index contributed by atoms with van der Waals surface area (Å²) < 4.78 is 40.5. The van der Waals surface area contributed by atoms with E-state index in [0.717, 1.165) is 23.5 Å². The SMILES string of the molecule is O=C(Nc1nc(-c2ccc(F)c(F)c2)cs1)c1cc(Br)ccc1F. The number of amides is 1. The summed E-state index contributed by atoms with van der Waals surface area (Å²) in [5.41, 5.74) is 0.622. The summed E-state index contributed by atoms with van der Waals surface area (Å²) in [7, 11) is 0. The maximum absolute atomic E-state index is 13.7. The molecule has 0 aliphatic carbocycles. The number of benzene rings is 2. The molecule has 3 rings (SSSR count). The number of aromatic nitrogens is 1. The molecule has 0 bridgehead atoms. The Kier molecular flexibility index (Phi) is 4.68. The molecule has 1 amide bonds. The molecule has 3 aromatic rings. The summed E-state index contributed by atoms with van der Waals surface area (Å²) in [4.78, 5) is 16.2. The zero-order valence-corrected chi connectivity index (χ0v) is 14.2. The normalized spacial score (nSPS) is 10.7. The fourth-order valence-corrected chi connectivity index (χ4v) is 3.03. The maximum Gasteiger partial charge on any atom is 0.260 e. The van der Waals surface area contributed by atoms with Crippen molar-refractivity contribution in [2.45, 2.75) is 0 Å². The molecule has 3 nitrogen and oxygen atoms in total. The van der Waals surface area contributed by atoms with Gasteiger partial charge in [0.2, 0.25) is 0 Å². The molecule has 0 fully saturated rings. The van der Waals surface area contributed by atoms with Crippen LogP contribution in [0.4, 0.5) is 18.3 Å². The van der Waals surface area contributed by atoms with Crippen LogP contribution in [0.15, 0.2) is 46.3 Å². The largest absolute Gasteiger partial charge is 0.298 e. The molecule has 122 valence electrons. The van der Waals surface area contributed by atoms with Gasteiger partial charge in [-0.1, -0.05) is 15.9 Å². The van der Waals surface area contributed by atoms with Gasteiger partial charge in [-0.15, -0.1) is 11.3 Å². The summed E-state index contributed by atoms with van der Waals surface area (Å²) in [6, 6.07) is 7.41. The number of halogens is 4. The predicted octanol–water partition coefficient (Wildman–Crippen LogP) is 5.24. The molecule has 8 heteroatoms. The number of hydrogen-bond acceptors (Lipinski definition) is 3. The van der Waals surface area contributed by atoms with Crippen LogP contribution in [0.5, 0.6) is 0 Å². The molecule has 24 heavy (non-hydrogen) atoms. The first-order valence-electron chi connectivity index (χ1n) is 6.61. The summed E-state index contributed by atoms with van der Waals surface area (Å²) in [6.07, 6.45) is 0. The second-order valence-electron chi connectivity index (χ2n) is 4.75. The summed E-state index contributed by atoms with van der Waals surface area (Å²) in [5, 5.41) is 4.29. The predicted molar refractivity (Wildman–Crippen MR) is 89.5 cm³/mol. The first-order chi connectivity index (χ1) is 11.4. The van der Waals surface area contributed by atoms with Crippen molar-refractivity contribution < 1.29 is 18.0 Å². The Morgan fingerprint density at radius 1 is 1.04 bits per heavy atom. The molecular weight excluding hydrogens is 405 g/mol. The van der Waals surface area contributed by atoms with Crippen LogP contribution in [0.2, 0.25) is 0 Å². The van der Waals surface area contributed by atoms with E-state index in [1.807, 2.05) is 0 Å². The third-order valence-electron chi connectivity index (χ3n) is 3.11. The van der Waals surface area contributed by atoms with Crippen molar-refractivity contribution in [3.8, 4) is 11.3 Å². The average molecular weight is 413 g/mol. The van der Waals surface area contributed by atoms with Gasteiger partial charge >= 0.3 is 0 Å². The van der Waals surface area contributed by atoms with Gasteiger partial charge in [0, 0.05) is 15.4 Å². The van der Waals surface area contributed by atoms with Crippen LogP contribution in [-0.4, -0.2) is 10.9 Å². The fraction of sp³-hybridized carbons (Fsp3) is 0. The number of thiazole rings is 1. The second kappa shape index (κ2) is 6.74. The lowest BCUT2D eigenvalue weighted by Gasteiger charge is -2.03. The Bertz CT molecular complexity index is 929. The van der Waals surface area contributed by atoms with Gasteiger partial charge in [-0.2, -0.15) is 0 Å². The van der Waals surface area contributed by atoms with E-state index in [1.54, 1.807) is 5.38 Å². The van der Waals surface area contributed by atoms with Crippen molar-refractivity contribution >= 4 is 38.3 Å². The molecule has 1 heterocycles. The topological polar surface area (TPSA) is 42.0 Å². The van der Waals surface area contributed by atoms with Crippen LogP contribution in [0.25, 0.3) is 11.3 Å². The van der Waals surface area contributed by atoms with E-state index in [9.17, 15) is 18.0 Å². The average Bonchev–Trinajstić information content (AvgIpc) is 3.00. The fourth-order valence-electron chi connectivity index (χ4n) is 1.96. The van der Waals surface area contributed by atoms with E-state index >= 15 is 0 Å². The van der Waals surface area contributed by atoms with Gasteiger partial charge < -0.3 is 0 Å². The lowest BCUT2D eigenvalue weighted by atomic mass is 10.2. The van der Waals surface area contributed by atoms with Crippen LogP contribution in [-0.2, 0) is 0 Å². The van der Waals surface area contributed by atoms with E-state index in [2.05, 4.69) is 26.2 Å². The number of anilines is 1. The molecule has 0 aliphatic heterocycles. The Morgan fingerprint density at radius 2 is 1.79 bits per heavy atom. The minimum Gasteiger partial charge on any atom is -0.298 e. The number of rotatable bonds is 3. The molecule has 0 atom stereocenters. The molecule has 2 aromatic carbocycles.